The molecule has 92 valence electrons. The normalized spacial score (nSPS) is 8.94. The van der Waals surface area contributed by atoms with Gasteiger partial charge in [-0.15, -0.1) is 0 Å². The molecule has 0 heterocycles. The minimum atomic E-state index is -0.486. The van der Waals surface area contributed by atoms with Gasteiger partial charge >= 0.3 is 11.9 Å². The Labute approximate surface area is 106 Å². The molecule has 0 aliphatic rings. The molecule has 0 rings (SSSR count). The Morgan fingerprint density at radius 2 is 1.83 bits per heavy atom. The molecule has 0 amide bonds. The maximum absolute atomic E-state index is 10.6. The van der Waals surface area contributed by atoms with Crippen LogP contribution in [0.2, 0.25) is 0 Å². The molecule has 0 radical (unpaired) electrons. The standard InChI is InChI=1S/C14H12O4/c1-3-13(15)18-12-10-8-6-4-5-7-9-11-14(16)17-2/h3,8-11H,1,12H2,2H3/b10-8-,11-9-. The van der Waals surface area contributed by atoms with Crippen LogP contribution in [0.1, 0.15) is 0 Å². The zero-order chi connectivity index (χ0) is 13.6. The van der Waals surface area contributed by atoms with E-state index in [2.05, 4.69) is 39.7 Å². The van der Waals surface area contributed by atoms with Crippen molar-refractivity contribution >= 4 is 11.9 Å². The summed E-state index contributed by atoms with van der Waals surface area (Å²) in [6.07, 6.45) is 6.70. The molecular weight excluding hydrogens is 232 g/mol. The van der Waals surface area contributed by atoms with Crippen LogP contribution in [0.25, 0.3) is 0 Å². The Morgan fingerprint density at radius 3 is 2.44 bits per heavy atom. The van der Waals surface area contributed by atoms with Crippen LogP contribution in [-0.2, 0) is 19.1 Å². The van der Waals surface area contributed by atoms with Crippen molar-refractivity contribution in [2.75, 3.05) is 13.7 Å². The third kappa shape index (κ3) is 9.82. The van der Waals surface area contributed by atoms with E-state index >= 15 is 0 Å². The summed E-state index contributed by atoms with van der Waals surface area (Å²) in [5.41, 5.74) is 0. The highest BCUT2D eigenvalue weighted by atomic mass is 16.5. The van der Waals surface area contributed by atoms with E-state index in [1.54, 1.807) is 6.08 Å². The molecule has 0 bridgehead atoms. The van der Waals surface area contributed by atoms with Crippen molar-refractivity contribution in [2.45, 2.75) is 0 Å². The van der Waals surface area contributed by atoms with Gasteiger partial charge in [-0.05, 0) is 30.1 Å². The van der Waals surface area contributed by atoms with Crippen molar-refractivity contribution in [3.05, 3.63) is 37.0 Å². The molecule has 0 unspecified atom stereocenters. The number of ether oxygens (including phenoxy) is 2. The lowest BCUT2D eigenvalue weighted by molar-refractivity contribution is -0.136. The van der Waals surface area contributed by atoms with Gasteiger partial charge in [-0.25, -0.2) is 9.59 Å². The first kappa shape index (κ1) is 15.3. The summed E-state index contributed by atoms with van der Waals surface area (Å²) in [5.74, 6) is 9.19. The van der Waals surface area contributed by atoms with Gasteiger partial charge < -0.3 is 9.47 Å². The van der Waals surface area contributed by atoms with Crippen LogP contribution in [0.4, 0.5) is 0 Å². The van der Waals surface area contributed by atoms with Crippen molar-refractivity contribution in [3.63, 3.8) is 0 Å². The van der Waals surface area contributed by atoms with Crippen LogP contribution in [0.5, 0.6) is 0 Å². The summed E-state index contributed by atoms with van der Waals surface area (Å²) in [7, 11) is 1.28. The first-order valence-corrected chi connectivity index (χ1v) is 4.90. The van der Waals surface area contributed by atoms with E-state index in [4.69, 9.17) is 0 Å². The maximum atomic E-state index is 10.6. The van der Waals surface area contributed by atoms with Gasteiger partial charge in [0.15, 0.2) is 0 Å². The summed E-state index contributed by atoms with van der Waals surface area (Å²) in [4.78, 5) is 21.2. The van der Waals surface area contributed by atoms with E-state index in [1.807, 2.05) is 0 Å². The number of hydrogen-bond donors (Lipinski definition) is 0. The second-order valence-electron chi connectivity index (χ2n) is 2.63. The zero-order valence-corrected chi connectivity index (χ0v) is 9.93. The van der Waals surface area contributed by atoms with Gasteiger partial charge in [0.05, 0.1) is 7.11 Å². The fraction of sp³-hybridized carbons (Fsp3) is 0.143. The molecule has 4 heteroatoms. The summed E-state index contributed by atoms with van der Waals surface area (Å²) < 4.78 is 9.03. The molecule has 0 aliphatic heterocycles. The van der Waals surface area contributed by atoms with E-state index in [0.717, 1.165) is 6.08 Å². The molecule has 0 saturated carbocycles. The Morgan fingerprint density at radius 1 is 1.17 bits per heavy atom. The van der Waals surface area contributed by atoms with Crippen LogP contribution in [0.3, 0.4) is 0 Å². The third-order valence-electron chi connectivity index (χ3n) is 1.40. The summed E-state index contributed by atoms with van der Waals surface area (Å²) in [6.45, 7) is 3.39. The summed E-state index contributed by atoms with van der Waals surface area (Å²) in [5, 5.41) is 0. The molecule has 0 fully saturated rings. The SMILES string of the molecule is C=CC(=O)OC/C=C\C#CC#C/C=C\C(=O)OC. The topological polar surface area (TPSA) is 52.6 Å². The number of rotatable bonds is 4. The Kier molecular flexibility index (Phi) is 9.16. The Balaban J connectivity index is 3.92. The van der Waals surface area contributed by atoms with Crippen LogP contribution in [-0.4, -0.2) is 25.7 Å². The molecule has 0 saturated heterocycles. The first-order chi connectivity index (χ1) is 8.70. The molecule has 0 atom stereocenters. The van der Waals surface area contributed by atoms with Gasteiger partial charge in [-0.1, -0.05) is 18.4 Å². The second-order valence-corrected chi connectivity index (χ2v) is 2.63. The van der Waals surface area contributed by atoms with Gasteiger partial charge in [0.25, 0.3) is 0 Å². The van der Waals surface area contributed by atoms with Crippen LogP contribution in [0, 0.1) is 23.7 Å². The molecule has 18 heavy (non-hydrogen) atoms. The zero-order valence-electron chi connectivity index (χ0n) is 9.93. The van der Waals surface area contributed by atoms with Gasteiger partial charge in [-0.2, -0.15) is 0 Å². The number of hydrogen-bond acceptors (Lipinski definition) is 4. The van der Waals surface area contributed by atoms with Crippen LogP contribution >= 0.6 is 0 Å². The fourth-order valence-corrected chi connectivity index (χ4v) is 0.629. The average Bonchev–Trinajstić information content (AvgIpc) is 2.40. The van der Waals surface area contributed by atoms with Gasteiger partial charge in [0.2, 0.25) is 0 Å². The van der Waals surface area contributed by atoms with Crippen molar-refractivity contribution < 1.29 is 19.1 Å². The van der Waals surface area contributed by atoms with Gasteiger partial charge in [0.1, 0.15) is 6.61 Å². The molecule has 0 aromatic rings. The second kappa shape index (κ2) is 10.8. The van der Waals surface area contributed by atoms with Crippen molar-refractivity contribution in [1.82, 2.24) is 0 Å². The maximum Gasteiger partial charge on any atom is 0.331 e. The fourth-order valence-electron chi connectivity index (χ4n) is 0.629. The molecule has 0 aliphatic carbocycles. The van der Waals surface area contributed by atoms with E-state index in [9.17, 15) is 9.59 Å². The Bertz CT molecular complexity index is 475. The van der Waals surface area contributed by atoms with E-state index in [0.29, 0.717) is 0 Å². The predicted octanol–water partition coefficient (Wildman–Crippen LogP) is 1.01. The molecule has 0 aromatic carbocycles. The van der Waals surface area contributed by atoms with E-state index in [1.165, 1.54) is 25.3 Å². The van der Waals surface area contributed by atoms with Crippen molar-refractivity contribution in [1.29, 1.82) is 0 Å². The molecule has 0 N–H and O–H groups in total. The molecule has 4 nitrogen and oxygen atoms in total. The van der Waals surface area contributed by atoms with Crippen LogP contribution in [0.15, 0.2) is 37.0 Å². The van der Waals surface area contributed by atoms with Crippen molar-refractivity contribution in [3.8, 4) is 23.7 Å². The number of carbonyl (C=O) groups is 2. The highest BCUT2D eigenvalue weighted by Crippen LogP contribution is 1.80. The quantitative estimate of drug-likeness (QED) is 0.420. The number of carbonyl (C=O) groups excluding carboxylic acids is 2. The number of esters is 2. The lowest BCUT2D eigenvalue weighted by Crippen LogP contribution is -1.98. The van der Waals surface area contributed by atoms with Gasteiger partial charge in [-0.3, -0.25) is 0 Å². The van der Waals surface area contributed by atoms with Gasteiger partial charge in [0, 0.05) is 12.2 Å². The lowest BCUT2D eigenvalue weighted by atomic mass is 10.4. The Hall–Kier alpha value is -2.72. The van der Waals surface area contributed by atoms with Crippen LogP contribution < -0.4 is 0 Å². The van der Waals surface area contributed by atoms with E-state index in [-0.39, 0.29) is 6.61 Å². The van der Waals surface area contributed by atoms with E-state index < -0.39 is 11.9 Å². The third-order valence-corrected chi connectivity index (χ3v) is 1.40. The molecule has 0 spiro atoms. The molecular formula is C14H12O4. The first-order valence-electron chi connectivity index (χ1n) is 4.90. The molecule has 0 aromatic heterocycles. The monoisotopic (exact) mass is 244 g/mol. The average molecular weight is 244 g/mol. The number of allylic oxidation sites excluding steroid dienone is 2. The van der Waals surface area contributed by atoms with Crippen molar-refractivity contribution in [2.24, 2.45) is 0 Å². The summed E-state index contributed by atoms with van der Waals surface area (Å²) in [6, 6.07) is 0. The minimum absolute atomic E-state index is 0.134. The minimum Gasteiger partial charge on any atom is -0.466 e. The number of methoxy groups -OCH3 is 1. The smallest absolute Gasteiger partial charge is 0.331 e. The lowest BCUT2D eigenvalue weighted by Gasteiger charge is -1.92. The summed E-state index contributed by atoms with van der Waals surface area (Å²) >= 11 is 0. The highest BCUT2D eigenvalue weighted by molar-refractivity contribution is 5.82. The predicted molar refractivity (Wildman–Crippen MR) is 67.0 cm³/mol. The largest absolute Gasteiger partial charge is 0.466 e. The highest BCUT2D eigenvalue weighted by Gasteiger charge is 1.89.